The average Bonchev–Trinajstić information content (AvgIpc) is 2.94. The maximum atomic E-state index is 3.81. The lowest BCUT2D eigenvalue weighted by molar-refractivity contribution is 1.74. The molecule has 0 bridgehead atoms. The first-order valence-electron chi connectivity index (χ1n) is 12.0. The highest BCUT2D eigenvalue weighted by molar-refractivity contribution is 7.83. The highest BCUT2D eigenvalue weighted by atomic mass is 31.1. The molecule has 0 nitrogen and oxygen atoms in total. The van der Waals surface area contributed by atoms with Crippen LogP contribution in [-0.4, -0.2) is 0 Å². The number of rotatable bonds is 8. The van der Waals surface area contributed by atoms with E-state index in [9.17, 15) is 0 Å². The Balaban J connectivity index is 2.03. The fraction of sp³-hybridized carbons (Fsp3) is 0. The van der Waals surface area contributed by atoms with Crippen LogP contribution in [0, 0.1) is 0 Å². The molecule has 0 aliphatic heterocycles. The molecule has 36 heavy (non-hydrogen) atoms. The van der Waals surface area contributed by atoms with Crippen LogP contribution in [0.3, 0.4) is 0 Å². The summed E-state index contributed by atoms with van der Waals surface area (Å²) in [7, 11) is -1.53. The van der Waals surface area contributed by atoms with Crippen molar-refractivity contribution in [1.82, 2.24) is 0 Å². The third-order valence-electron chi connectivity index (χ3n) is 5.48. The van der Waals surface area contributed by atoms with Crippen LogP contribution in [-0.2, 0) is 0 Å². The quantitative estimate of drug-likeness (QED) is 0.176. The topological polar surface area (TPSA) is 0 Å². The minimum Gasteiger partial charge on any atom is -0.0991 e. The van der Waals surface area contributed by atoms with Gasteiger partial charge in [-0.05, 0) is 42.4 Å². The van der Waals surface area contributed by atoms with Crippen molar-refractivity contribution >= 4 is 42.4 Å². The second-order valence-corrected chi connectivity index (χ2v) is 12.2. The molecule has 176 valence electrons. The van der Waals surface area contributed by atoms with Gasteiger partial charge < -0.3 is 0 Å². The molecule has 0 aliphatic carbocycles. The predicted octanol–water partition coefficient (Wildman–Crippen LogP) is 7.26. The summed E-state index contributed by atoms with van der Waals surface area (Å²) in [6.07, 6.45) is 8.00. The smallest absolute Gasteiger partial charge is 0.00677 e. The van der Waals surface area contributed by atoms with Crippen molar-refractivity contribution in [1.29, 1.82) is 0 Å². The van der Waals surface area contributed by atoms with E-state index in [1.807, 2.05) is 12.2 Å². The summed E-state index contributed by atoms with van der Waals surface area (Å²) in [4.78, 5) is 0. The van der Waals surface area contributed by atoms with Crippen LogP contribution in [0.5, 0.6) is 0 Å². The lowest BCUT2D eigenvalue weighted by Crippen LogP contribution is -2.30. The number of hydrogen-bond acceptors (Lipinski definition) is 0. The van der Waals surface area contributed by atoms with Crippen molar-refractivity contribution in [3.05, 3.63) is 176 Å². The van der Waals surface area contributed by atoms with E-state index in [2.05, 4.69) is 164 Å². The lowest BCUT2D eigenvalue weighted by Gasteiger charge is -2.25. The molecule has 4 aromatic carbocycles. The lowest BCUT2D eigenvalue weighted by atomic mass is 10.4. The summed E-state index contributed by atoms with van der Waals surface area (Å²) in [5.74, 6) is 2.35. The number of allylic oxidation sites excluding steroid dienone is 4. The van der Waals surface area contributed by atoms with E-state index >= 15 is 0 Å². The van der Waals surface area contributed by atoms with Crippen LogP contribution < -0.4 is 26.5 Å². The van der Waals surface area contributed by atoms with Crippen LogP contribution in [0.25, 0.3) is 0 Å². The molecule has 0 heterocycles. The maximum Gasteiger partial charge on any atom is -0.00677 e. The van der Waals surface area contributed by atoms with E-state index < -0.39 is 15.8 Å². The van der Waals surface area contributed by atoms with Crippen molar-refractivity contribution in [2.45, 2.75) is 0 Å². The van der Waals surface area contributed by atoms with Crippen LogP contribution in [0.1, 0.15) is 0 Å². The molecule has 0 saturated heterocycles. The van der Waals surface area contributed by atoms with Gasteiger partial charge in [0.1, 0.15) is 0 Å². The SMILES string of the molecule is C=C/C=C\C=C\P(c1ccccc1)c1ccccccccc1P(c1ccccc1)c1ccccc1. The predicted molar refractivity (Wildman–Crippen MR) is 164 cm³/mol. The first-order chi connectivity index (χ1) is 17.9. The highest BCUT2D eigenvalue weighted by Gasteiger charge is 2.22. The van der Waals surface area contributed by atoms with E-state index in [0.29, 0.717) is 0 Å². The van der Waals surface area contributed by atoms with Crippen LogP contribution in [0.4, 0.5) is 0 Å². The summed E-state index contributed by atoms with van der Waals surface area (Å²) in [5, 5.41) is 6.74. The molecular weight excluding hydrogens is 470 g/mol. The van der Waals surface area contributed by atoms with E-state index in [4.69, 9.17) is 0 Å². The molecule has 0 fully saturated rings. The Bertz CT molecular complexity index is 1300. The highest BCUT2D eigenvalue weighted by Crippen LogP contribution is 2.39. The molecule has 4 aromatic rings. The molecule has 1 unspecified atom stereocenters. The van der Waals surface area contributed by atoms with Gasteiger partial charge in [0.25, 0.3) is 0 Å². The third-order valence-corrected chi connectivity index (χ3v) is 10.4. The molecule has 0 radical (unpaired) electrons. The first kappa shape index (κ1) is 25.5. The Morgan fingerprint density at radius 2 is 0.833 bits per heavy atom. The van der Waals surface area contributed by atoms with Crippen molar-refractivity contribution in [2.75, 3.05) is 0 Å². The molecule has 2 heteroatoms. The summed E-state index contributed by atoms with van der Waals surface area (Å²) >= 11 is 0. The van der Waals surface area contributed by atoms with E-state index in [1.165, 1.54) is 26.5 Å². The van der Waals surface area contributed by atoms with Gasteiger partial charge >= 0.3 is 0 Å². The van der Waals surface area contributed by atoms with Crippen LogP contribution in [0.15, 0.2) is 176 Å². The normalized spacial score (nSPS) is 11.9. The first-order valence-corrected chi connectivity index (χ1v) is 14.8. The van der Waals surface area contributed by atoms with Gasteiger partial charge in [-0.3, -0.25) is 0 Å². The van der Waals surface area contributed by atoms with E-state index in [0.717, 1.165) is 0 Å². The zero-order valence-corrected chi connectivity index (χ0v) is 22.1. The van der Waals surface area contributed by atoms with Crippen LogP contribution in [0.2, 0.25) is 0 Å². The molecular formula is C34H30P2. The standard InChI is InChI=1S/C34H30P2/c1-2-3-4-20-29-35(30-21-12-9-13-22-30)33-27-18-7-5-6-8-19-28-34(33)36(31-23-14-10-15-24-31)32-25-16-11-17-26-32/h2-29H,1H2/b4-3-,6-5?,7-5?,8-6?,18-7?,19-8?,27-18?,28-19?,29-20+,33-27?,34-28?,34-33?. The van der Waals surface area contributed by atoms with Gasteiger partial charge in [-0.1, -0.05) is 176 Å². The summed E-state index contributed by atoms with van der Waals surface area (Å²) < 4.78 is 0. The van der Waals surface area contributed by atoms with Gasteiger partial charge in [-0.25, -0.2) is 0 Å². The zero-order chi connectivity index (χ0) is 24.8. The van der Waals surface area contributed by atoms with E-state index in [-0.39, 0.29) is 0 Å². The fourth-order valence-electron chi connectivity index (χ4n) is 3.87. The van der Waals surface area contributed by atoms with Gasteiger partial charge in [-0.15, -0.1) is 0 Å². The summed E-state index contributed by atoms with van der Waals surface area (Å²) in [6.45, 7) is 3.81. The second kappa shape index (κ2) is 14.1. The van der Waals surface area contributed by atoms with Gasteiger partial charge in [0.15, 0.2) is 0 Å². The molecule has 0 N–H and O–H groups in total. The largest absolute Gasteiger partial charge is 0.0991 e. The monoisotopic (exact) mass is 500 g/mol. The van der Waals surface area contributed by atoms with Crippen LogP contribution >= 0.6 is 15.8 Å². The Morgan fingerprint density at radius 1 is 0.417 bits per heavy atom. The minimum atomic E-state index is -0.771. The molecule has 0 aliphatic rings. The molecule has 1 atom stereocenters. The van der Waals surface area contributed by atoms with Gasteiger partial charge in [0.05, 0.1) is 0 Å². The van der Waals surface area contributed by atoms with Gasteiger partial charge in [-0.2, -0.15) is 0 Å². The van der Waals surface area contributed by atoms with Crippen molar-refractivity contribution in [2.24, 2.45) is 0 Å². The second-order valence-electron chi connectivity index (χ2n) is 7.93. The Kier molecular flexibility index (Phi) is 10.0. The molecule has 0 aromatic heterocycles. The Labute approximate surface area is 218 Å². The van der Waals surface area contributed by atoms with E-state index in [1.54, 1.807) is 0 Å². The van der Waals surface area contributed by atoms with Crippen molar-refractivity contribution in [3.8, 4) is 0 Å². The Morgan fingerprint density at radius 3 is 1.36 bits per heavy atom. The number of benzene rings is 3. The third kappa shape index (κ3) is 6.99. The Hall–Kier alpha value is -3.56. The minimum absolute atomic E-state index is 0.759. The maximum absolute atomic E-state index is 3.81. The molecule has 0 amide bonds. The summed E-state index contributed by atoms with van der Waals surface area (Å²) in [5.41, 5.74) is 0. The van der Waals surface area contributed by atoms with Gasteiger partial charge in [0, 0.05) is 0 Å². The fourth-order valence-corrected chi connectivity index (χ4v) is 8.77. The zero-order valence-electron chi connectivity index (χ0n) is 20.3. The van der Waals surface area contributed by atoms with Gasteiger partial charge in [0.2, 0.25) is 0 Å². The van der Waals surface area contributed by atoms with Crippen molar-refractivity contribution in [3.63, 3.8) is 0 Å². The average molecular weight is 501 g/mol. The number of hydrogen-bond donors (Lipinski definition) is 0. The molecule has 4 rings (SSSR count). The van der Waals surface area contributed by atoms with Crippen molar-refractivity contribution < 1.29 is 0 Å². The summed E-state index contributed by atoms with van der Waals surface area (Å²) in [6, 6.07) is 50.1. The molecule has 0 spiro atoms. The molecule has 0 saturated carbocycles.